The number of nitrogens with zero attached hydrogens (tertiary/aromatic N) is 3. The van der Waals surface area contributed by atoms with Crippen LogP contribution in [0.3, 0.4) is 0 Å². The molecule has 0 fully saturated rings. The lowest BCUT2D eigenvalue weighted by molar-refractivity contribution is -0.143. The molecule has 0 radical (unpaired) electrons. The molecule has 2 heterocycles. The Morgan fingerprint density at radius 2 is 1.77 bits per heavy atom. The molecule has 0 N–H and O–H groups in total. The van der Waals surface area contributed by atoms with Gasteiger partial charge in [-0.05, 0) is 60.9 Å². The zero-order valence-corrected chi connectivity index (χ0v) is 23.9. The van der Waals surface area contributed by atoms with Crippen LogP contribution in [-0.2, 0) is 39.1 Å². The molecule has 1 aromatic heterocycles. The lowest BCUT2D eigenvalue weighted by Gasteiger charge is -2.28. The van der Waals surface area contributed by atoms with Gasteiger partial charge in [0.25, 0.3) is 5.91 Å². The molecule has 0 atom stereocenters. The lowest BCUT2D eigenvalue weighted by atomic mass is 10.0. The maximum absolute atomic E-state index is 13.3. The van der Waals surface area contributed by atoms with Crippen LogP contribution in [0.2, 0.25) is 10.0 Å². The fraction of sp³-hybridized carbons (Fsp3) is 0.222. The number of rotatable bonds is 6. The van der Waals surface area contributed by atoms with Gasteiger partial charge in [-0.2, -0.15) is 9.30 Å². The van der Waals surface area contributed by atoms with E-state index in [2.05, 4.69) is 4.99 Å². The number of carbonyl (C=O) groups excluding carboxylic acids is 2. The normalized spacial score (nSPS) is 14.4. The van der Waals surface area contributed by atoms with E-state index in [4.69, 9.17) is 27.9 Å². The third-order valence-electron chi connectivity index (χ3n) is 6.32. The van der Waals surface area contributed by atoms with Crippen LogP contribution in [0.15, 0.2) is 70.6 Å². The summed E-state index contributed by atoms with van der Waals surface area (Å²) in [5.41, 5.74) is 2.84. The number of sulfonamides is 1. The number of hydrogen-bond donors (Lipinski definition) is 0. The highest BCUT2D eigenvalue weighted by Crippen LogP contribution is 2.30. The van der Waals surface area contributed by atoms with E-state index in [1.165, 1.54) is 33.1 Å². The molecule has 5 rings (SSSR count). The fourth-order valence-corrected chi connectivity index (χ4v) is 7.67. The van der Waals surface area contributed by atoms with Crippen LogP contribution in [0, 0.1) is 0 Å². The Balaban J connectivity index is 1.45. The van der Waals surface area contributed by atoms with E-state index in [-0.39, 0.29) is 28.4 Å². The van der Waals surface area contributed by atoms with Crippen molar-refractivity contribution in [2.75, 3.05) is 13.2 Å². The maximum Gasteiger partial charge on any atom is 0.326 e. The van der Waals surface area contributed by atoms with Crippen molar-refractivity contribution in [3.05, 3.63) is 92.2 Å². The molecule has 4 aromatic rings. The van der Waals surface area contributed by atoms with Gasteiger partial charge in [-0.15, -0.1) is 0 Å². The van der Waals surface area contributed by atoms with Crippen molar-refractivity contribution in [2.24, 2.45) is 4.99 Å². The van der Waals surface area contributed by atoms with Crippen molar-refractivity contribution in [1.82, 2.24) is 8.87 Å². The average Bonchev–Trinajstić information content (AvgIpc) is 3.24. The molecule has 0 saturated carbocycles. The van der Waals surface area contributed by atoms with Crippen molar-refractivity contribution in [3.63, 3.8) is 0 Å². The van der Waals surface area contributed by atoms with Crippen LogP contribution in [0.5, 0.6) is 0 Å². The molecular weight excluding hydrogens is 581 g/mol. The van der Waals surface area contributed by atoms with Crippen LogP contribution in [0.4, 0.5) is 0 Å². The van der Waals surface area contributed by atoms with Crippen molar-refractivity contribution in [3.8, 4) is 0 Å². The number of ether oxygens (including phenoxy) is 1. The monoisotopic (exact) mass is 603 g/mol. The first-order valence-electron chi connectivity index (χ1n) is 12.1. The molecular formula is C27H23Cl2N3O5S2. The van der Waals surface area contributed by atoms with E-state index in [0.717, 1.165) is 22.5 Å². The molecule has 1 aliphatic heterocycles. The standard InChI is InChI=1S/C27H23Cl2N3O5S2/c1-2-37-24(33)16-32-25-22(29)13-20(28)14-23(25)38-27(32)30-26(34)18-7-9-21(10-8-18)39(35,36)31-12-11-17-5-3-4-6-19(17)15-31/h3-10,13-14H,2,11-12,15-16H2,1H3. The molecule has 0 saturated heterocycles. The molecule has 0 aliphatic carbocycles. The van der Waals surface area contributed by atoms with Gasteiger partial charge in [-0.3, -0.25) is 9.59 Å². The molecule has 3 aromatic carbocycles. The minimum atomic E-state index is -3.75. The lowest BCUT2D eigenvalue weighted by Crippen LogP contribution is -2.35. The van der Waals surface area contributed by atoms with E-state index < -0.39 is 21.9 Å². The van der Waals surface area contributed by atoms with Crippen molar-refractivity contribution in [1.29, 1.82) is 0 Å². The first kappa shape index (κ1) is 27.5. The van der Waals surface area contributed by atoms with Gasteiger partial charge in [0.1, 0.15) is 6.54 Å². The van der Waals surface area contributed by atoms with E-state index >= 15 is 0 Å². The quantitative estimate of drug-likeness (QED) is 0.287. The van der Waals surface area contributed by atoms with E-state index in [1.54, 1.807) is 19.1 Å². The van der Waals surface area contributed by atoms with Crippen molar-refractivity contribution in [2.45, 2.75) is 31.3 Å². The van der Waals surface area contributed by atoms with Crippen LogP contribution in [-0.4, -0.2) is 42.3 Å². The molecule has 0 spiro atoms. The van der Waals surface area contributed by atoms with Crippen LogP contribution in [0.1, 0.15) is 28.4 Å². The molecule has 1 amide bonds. The van der Waals surface area contributed by atoms with Crippen LogP contribution >= 0.6 is 34.5 Å². The number of fused-ring (bicyclic) bond motifs is 2. The third kappa shape index (κ3) is 5.66. The average molecular weight is 605 g/mol. The minimum Gasteiger partial charge on any atom is -0.465 e. The van der Waals surface area contributed by atoms with Gasteiger partial charge in [-0.1, -0.05) is 58.8 Å². The van der Waals surface area contributed by atoms with Gasteiger partial charge >= 0.3 is 5.97 Å². The number of benzene rings is 3. The summed E-state index contributed by atoms with van der Waals surface area (Å²) in [4.78, 5) is 29.9. The molecule has 8 nitrogen and oxygen atoms in total. The number of esters is 1. The molecule has 12 heteroatoms. The van der Waals surface area contributed by atoms with E-state index in [0.29, 0.717) is 39.8 Å². The molecule has 39 heavy (non-hydrogen) atoms. The summed E-state index contributed by atoms with van der Waals surface area (Å²) in [6.07, 6.45) is 0.640. The highest BCUT2D eigenvalue weighted by Gasteiger charge is 2.28. The Kier molecular flexibility index (Phi) is 7.93. The first-order valence-corrected chi connectivity index (χ1v) is 15.1. The number of thiazole rings is 1. The summed E-state index contributed by atoms with van der Waals surface area (Å²) < 4.78 is 35.2. The number of carbonyl (C=O) groups is 2. The van der Waals surface area contributed by atoms with Gasteiger partial charge in [-0.25, -0.2) is 8.42 Å². The Hall–Kier alpha value is -3.02. The number of halogens is 2. The zero-order valence-electron chi connectivity index (χ0n) is 20.8. The SMILES string of the molecule is CCOC(=O)Cn1c(=NC(=O)c2ccc(S(=O)(=O)N3CCc4ccccc4C3)cc2)sc2cc(Cl)cc(Cl)c21. The highest BCUT2D eigenvalue weighted by molar-refractivity contribution is 7.89. The summed E-state index contributed by atoms with van der Waals surface area (Å²) in [5, 5.41) is 0.714. The summed E-state index contributed by atoms with van der Waals surface area (Å²) in [7, 11) is -3.75. The molecule has 0 bridgehead atoms. The summed E-state index contributed by atoms with van der Waals surface area (Å²) >= 11 is 13.7. The van der Waals surface area contributed by atoms with E-state index in [9.17, 15) is 18.0 Å². The summed E-state index contributed by atoms with van der Waals surface area (Å²) in [6, 6.07) is 16.7. The Labute approximate surface area is 239 Å². The zero-order chi connectivity index (χ0) is 27.7. The fourth-order valence-electron chi connectivity index (χ4n) is 4.44. The second kappa shape index (κ2) is 11.2. The molecule has 202 valence electrons. The second-order valence-electron chi connectivity index (χ2n) is 8.81. The maximum atomic E-state index is 13.3. The largest absolute Gasteiger partial charge is 0.465 e. The number of amides is 1. The topological polar surface area (TPSA) is 98.0 Å². The Morgan fingerprint density at radius 3 is 2.49 bits per heavy atom. The number of aromatic nitrogens is 1. The van der Waals surface area contributed by atoms with Crippen LogP contribution in [0.25, 0.3) is 10.2 Å². The van der Waals surface area contributed by atoms with Crippen molar-refractivity contribution >= 4 is 66.7 Å². The van der Waals surface area contributed by atoms with Gasteiger partial charge < -0.3 is 9.30 Å². The first-order chi connectivity index (χ1) is 18.7. The molecule has 1 aliphatic rings. The van der Waals surface area contributed by atoms with Gasteiger partial charge in [0.05, 0.1) is 26.7 Å². The minimum absolute atomic E-state index is 0.0964. The van der Waals surface area contributed by atoms with Gasteiger partial charge in [0.15, 0.2) is 4.80 Å². The predicted octanol–water partition coefficient (Wildman–Crippen LogP) is 5.06. The summed E-state index contributed by atoms with van der Waals surface area (Å²) in [5.74, 6) is -1.11. The van der Waals surface area contributed by atoms with Crippen molar-refractivity contribution < 1.29 is 22.7 Å². The van der Waals surface area contributed by atoms with E-state index in [1.807, 2.05) is 24.3 Å². The Morgan fingerprint density at radius 1 is 1.05 bits per heavy atom. The second-order valence-corrected chi connectivity index (χ2v) is 12.6. The number of hydrogen-bond acceptors (Lipinski definition) is 6. The Bertz CT molecular complexity index is 1760. The third-order valence-corrected chi connectivity index (χ3v) is 9.71. The smallest absolute Gasteiger partial charge is 0.326 e. The molecule has 0 unspecified atom stereocenters. The predicted molar refractivity (Wildman–Crippen MR) is 151 cm³/mol. The summed E-state index contributed by atoms with van der Waals surface area (Å²) in [6.45, 7) is 2.38. The van der Waals surface area contributed by atoms with Crippen LogP contribution < -0.4 is 4.80 Å². The van der Waals surface area contributed by atoms with Gasteiger partial charge in [0, 0.05) is 23.7 Å². The van der Waals surface area contributed by atoms with Gasteiger partial charge in [0.2, 0.25) is 10.0 Å². The highest BCUT2D eigenvalue weighted by atomic mass is 35.5.